The number of hydrazine groups is 1. The molecule has 0 saturated heterocycles. The van der Waals surface area contributed by atoms with E-state index in [1.165, 1.54) is 5.56 Å². The molecule has 0 spiro atoms. The van der Waals surface area contributed by atoms with Gasteiger partial charge in [-0.25, -0.2) is 5.84 Å². The van der Waals surface area contributed by atoms with Crippen molar-refractivity contribution < 1.29 is 9.32 Å². The monoisotopic (exact) mass is 229 g/mol. The van der Waals surface area contributed by atoms with Gasteiger partial charge >= 0.3 is 0 Å². The number of nitrogen functional groups attached to an aromatic ring is 1. The fourth-order valence-corrected chi connectivity index (χ4v) is 2.22. The minimum absolute atomic E-state index is 0.289. The third-order valence-corrected chi connectivity index (χ3v) is 3.04. The Kier molecular flexibility index (Phi) is 2.19. The first kappa shape index (κ1) is 10.0. The first-order chi connectivity index (χ1) is 8.31. The summed E-state index contributed by atoms with van der Waals surface area (Å²) in [4.78, 5) is 11.5. The van der Waals surface area contributed by atoms with E-state index in [1.54, 1.807) is 0 Å². The standard InChI is InChI=1S/C12H11N3O2/c13-14-12(16)10-9-6-5-7-3-1-2-4-8(7)11(9)17-15-10/h1-4H,5-6,13H2,(H,14,16). The molecule has 3 N–H and O–H groups in total. The Balaban J connectivity index is 2.16. The zero-order valence-corrected chi connectivity index (χ0v) is 9.06. The largest absolute Gasteiger partial charge is 0.355 e. The number of carbonyl (C=O) groups excluding carboxylic acids is 1. The number of benzene rings is 1. The molecule has 2 aromatic rings. The molecule has 0 saturated carbocycles. The molecule has 5 heteroatoms. The fraction of sp³-hybridized carbons (Fsp3) is 0.167. The summed E-state index contributed by atoms with van der Waals surface area (Å²) in [7, 11) is 0. The number of fused-ring (bicyclic) bond motifs is 3. The van der Waals surface area contributed by atoms with Crippen LogP contribution in [0, 0.1) is 0 Å². The predicted octanol–water partition coefficient (Wildman–Crippen LogP) is 1.04. The van der Waals surface area contributed by atoms with Crippen LogP contribution in [0.5, 0.6) is 0 Å². The molecule has 0 bridgehead atoms. The smallest absolute Gasteiger partial charge is 0.287 e. The summed E-state index contributed by atoms with van der Waals surface area (Å²) in [6.45, 7) is 0. The summed E-state index contributed by atoms with van der Waals surface area (Å²) in [6, 6.07) is 7.97. The van der Waals surface area contributed by atoms with Gasteiger partial charge in [-0.15, -0.1) is 0 Å². The molecule has 1 aromatic heterocycles. The average Bonchev–Trinajstić information content (AvgIpc) is 2.82. The van der Waals surface area contributed by atoms with Crippen molar-refractivity contribution in [2.45, 2.75) is 12.8 Å². The lowest BCUT2D eigenvalue weighted by Gasteiger charge is -2.13. The molecule has 1 aliphatic rings. The molecule has 0 atom stereocenters. The summed E-state index contributed by atoms with van der Waals surface area (Å²) in [5, 5.41) is 3.80. The van der Waals surface area contributed by atoms with Crippen molar-refractivity contribution in [3.63, 3.8) is 0 Å². The van der Waals surface area contributed by atoms with E-state index in [4.69, 9.17) is 10.4 Å². The van der Waals surface area contributed by atoms with Gasteiger partial charge < -0.3 is 4.52 Å². The highest BCUT2D eigenvalue weighted by molar-refractivity contribution is 5.95. The van der Waals surface area contributed by atoms with Gasteiger partial charge in [-0.2, -0.15) is 0 Å². The van der Waals surface area contributed by atoms with Crippen molar-refractivity contribution in [1.82, 2.24) is 10.6 Å². The number of nitrogens with one attached hydrogen (secondary N) is 1. The van der Waals surface area contributed by atoms with E-state index in [1.807, 2.05) is 18.2 Å². The van der Waals surface area contributed by atoms with E-state index in [-0.39, 0.29) is 5.69 Å². The quantitative estimate of drug-likeness (QED) is 0.435. The highest BCUT2D eigenvalue weighted by Gasteiger charge is 2.26. The van der Waals surface area contributed by atoms with Gasteiger partial charge in [0.15, 0.2) is 11.5 Å². The number of rotatable bonds is 1. The minimum Gasteiger partial charge on any atom is -0.355 e. The van der Waals surface area contributed by atoms with Crippen molar-refractivity contribution in [3.05, 3.63) is 41.1 Å². The number of amides is 1. The van der Waals surface area contributed by atoms with E-state index in [9.17, 15) is 4.79 Å². The second-order valence-electron chi connectivity index (χ2n) is 3.97. The van der Waals surface area contributed by atoms with Gasteiger partial charge in [0.1, 0.15) is 0 Å². The molecule has 0 fully saturated rings. The highest BCUT2D eigenvalue weighted by atomic mass is 16.5. The van der Waals surface area contributed by atoms with Gasteiger partial charge in [0.05, 0.1) is 0 Å². The molecule has 1 amide bonds. The lowest BCUT2D eigenvalue weighted by atomic mass is 9.89. The lowest BCUT2D eigenvalue weighted by molar-refractivity contribution is 0.0944. The Morgan fingerprint density at radius 1 is 1.35 bits per heavy atom. The van der Waals surface area contributed by atoms with Crippen molar-refractivity contribution in [1.29, 1.82) is 0 Å². The lowest BCUT2D eigenvalue weighted by Crippen LogP contribution is -2.31. The van der Waals surface area contributed by atoms with Gasteiger partial charge in [-0.3, -0.25) is 10.2 Å². The fourth-order valence-electron chi connectivity index (χ4n) is 2.22. The molecule has 86 valence electrons. The normalized spacial score (nSPS) is 12.8. The summed E-state index contributed by atoms with van der Waals surface area (Å²) in [5.41, 5.74) is 5.44. The third-order valence-electron chi connectivity index (χ3n) is 3.04. The molecule has 1 aliphatic carbocycles. The number of hydrogen-bond acceptors (Lipinski definition) is 4. The third kappa shape index (κ3) is 1.43. The first-order valence-corrected chi connectivity index (χ1v) is 5.39. The number of aryl methyl sites for hydroxylation is 1. The minimum atomic E-state index is -0.408. The predicted molar refractivity (Wildman–Crippen MR) is 61.0 cm³/mol. The molecule has 0 radical (unpaired) electrons. The maximum absolute atomic E-state index is 11.5. The molecule has 5 nitrogen and oxygen atoms in total. The van der Waals surface area contributed by atoms with Crippen LogP contribution in [-0.4, -0.2) is 11.1 Å². The van der Waals surface area contributed by atoms with Gasteiger partial charge in [0, 0.05) is 11.1 Å². The van der Waals surface area contributed by atoms with E-state index in [0.29, 0.717) is 5.76 Å². The van der Waals surface area contributed by atoms with E-state index >= 15 is 0 Å². The van der Waals surface area contributed by atoms with Gasteiger partial charge in [-0.1, -0.05) is 29.4 Å². The van der Waals surface area contributed by atoms with Crippen molar-refractivity contribution in [3.8, 4) is 11.3 Å². The molecular weight excluding hydrogens is 218 g/mol. The van der Waals surface area contributed by atoms with Gasteiger partial charge in [-0.05, 0) is 18.4 Å². The second-order valence-corrected chi connectivity index (χ2v) is 3.97. The number of nitrogens with zero attached hydrogens (tertiary/aromatic N) is 1. The maximum atomic E-state index is 11.5. The number of aromatic nitrogens is 1. The summed E-state index contributed by atoms with van der Waals surface area (Å²) < 4.78 is 5.27. The zero-order valence-electron chi connectivity index (χ0n) is 9.06. The Bertz CT molecular complexity index is 589. The van der Waals surface area contributed by atoms with Crippen LogP contribution < -0.4 is 11.3 Å². The van der Waals surface area contributed by atoms with Crippen molar-refractivity contribution in [2.24, 2.45) is 5.84 Å². The summed E-state index contributed by atoms with van der Waals surface area (Å²) in [5.74, 6) is 5.39. The van der Waals surface area contributed by atoms with E-state index < -0.39 is 5.91 Å². The Morgan fingerprint density at radius 3 is 3.00 bits per heavy atom. The number of nitrogens with two attached hydrogens (primary N) is 1. The highest BCUT2D eigenvalue weighted by Crippen LogP contribution is 2.34. The first-order valence-electron chi connectivity index (χ1n) is 5.39. The molecule has 0 aliphatic heterocycles. The summed E-state index contributed by atoms with van der Waals surface area (Å²) in [6.07, 6.45) is 1.63. The van der Waals surface area contributed by atoms with Gasteiger partial charge in [0.2, 0.25) is 0 Å². The Labute approximate surface area is 97.6 Å². The topological polar surface area (TPSA) is 81.1 Å². The van der Waals surface area contributed by atoms with Gasteiger partial charge in [0.25, 0.3) is 5.91 Å². The molecule has 0 unspecified atom stereocenters. The average molecular weight is 229 g/mol. The molecule has 3 rings (SSSR count). The van der Waals surface area contributed by atoms with Crippen LogP contribution in [0.4, 0.5) is 0 Å². The van der Waals surface area contributed by atoms with Crippen LogP contribution in [0.3, 0.4) is 0 Å². The van der Waals surface area contributed by atoms with Crippen LogP contribution in [0.25, 0.3) is 11.3 Å². The van der Waals surface area contributed by atoms with Crippen molar-refractivity contribution >= 4 is 5.91 Å². The summed E-state index contributed by atoms with van der Waals surface area (Å²) >= 11 is 0. The van der Waals surface area contributed by atoms with E-state index in [0.717, 1.165) is 24.0 Å². The van der Waals surface area contributed by atoms with Crippen LogP contribution in [0.15, 0.2) is 28.8 Å². The molecule has 17 heavy (non-hydrogen) atoms. The molecule has 1 aromatic carbocycles. The number of carbonyl (C=O) groups is 1. The molecular formula is C12H11N3O2. The van der Waals surface area contributed by atoms with Crippen LogP contribution in [0.2, 0.25) is 0 Å². The molecule has 1 heterocycles. The Hall–Kier alpha value is -2.14. The zero-order chi connectivity index (χ0) is 11.8. The van der Waals surface area contributed by atoms with Crippen LogP contribution >= 0.6 is 0 Å². The SMILES string of the molecule is NNC(=O)c1noc2c1CCc1ccccc1-2. The van der Waals surface area contributed by atoms with Crippen molar-refractivity contribution in [2.75, 3.05) is 0 Å². The Morgan fingerprint density at radius 2 is 2.18 bits per heavy atom. The number of hydrogen-bond donors (Lipinski definition) is 2. The van der Waals surface area contributed by atoms with E-state index in [2.05, 4.69) is 16.6 Å². The van der Waals surface area contributed by atoms with Crippen LogP contribution in [-0.2, 0) is 12.8 Å². The maximum Gasteiger partial charge on any atom is 0.287 e. The van der Waals surface area contributed by atoms with Crippen LogP contribution in [0.1, 0.15) is 21.6 Å². The second kappa shape index (κ2) is 3.71.